The Kier molecular flexibility index (Phi) is 4.29. The first kappa shape index (κ1) is 15.1. The fourth-order valence-electron chi connectivity index (χ4n) is 1.61. The minimum absolute atomic E-state index is 0.0582. The quantitative estimate of drug-likeness (QED) is 0.630. The van der Waals surface area contributed by atoms with E-state index in [9.17, 15) is 22.9 Å². The summed E-state index contributed by atoms with van der Waals surface area (Å²) in [5.41, 5.74) is -0.773. The second kappa shape index (κ2) is 5.97. The van der Waals surface area contributed by atoms with Gasteiger partial charge in [-0.15, -0.1) is 0 Å². The number of hydrogen-bond donors (Lipinski definition) is 1. The summed E-state index contributed by atoms with van der Waals surface area (Å²) in [5.74, 6) is -1.20. The molecule has 0 radical (unpaired) electrons. The van der Waals surface area contributed by atoms with E-state index < -0.39 is 26.5 Å². The molecule has 1 heterocycles. The van der Waals surface area contributed by atoms with Gasteiger partial charge in [-0.2, -0.15) is 9.49 Å². The Morgan fingerprint density at radius 1 is 1.43 bits per heavy atom. The number of benzene rings is 1. The third-order valence-corrected chi connectivity index (χ3v) is 4.08. The molecule has 1 aromatic carbocycles. The largest absolute Gasteiger partial charge is 0.304 e. The highest BCUT2D eigenvalue weighted by molar-refractivity contribution is 7.89. The Labute approximate surface area is 119 Å². The Morgan fingerprint density at radius 2 is 2.19 bits per heavy atom. The standard InChI is InChI=1S/C11H11FN4O4S/c12-10-8-9(2-3-11(10)16(17)18)21(19,20)14-5-7-15-6-1-4-13-15/h1-4,6,8,14H,5,7H2. The van der Waals surface area contributed by atoms with Crippen LogP contribution in [0.3, 0.4) is 0 Å². The van der Waals surface area contributed by atoms with Crippen molar-refractivity contribution in [3.8, 4) is 0 Å². The number of hydrogen-bond acceptors (Lipinski definition) is 5. The summed E-state index contributed by atoms with van der Waals surface area (Å²) in [6.45, 7) is 0.365. The van der Waals surface area contributed by atoms with Crippen LogP contribution < -0.4 is 4.72 Å². The smallest absolute Gasteiger partial charge is 0.271 e. The first-order valence-corrected chi connectivity index (χ1v) is 7.29. The highest BCUT2D eigenvalue weighted by atomic mass is 32.2. The molecule has 2 aromatic rings. The van der Waals surface area contributed by atoms with Crippen molar-refractivity contribution in [3.63, 3.8) is 0 Å². The number of sulfonamides is 1. The molecule has 0 atom stereocenters. The van der Waals surface area contributed by atoms with Gasteiger partial charge in [-0.3, -0.25) is 14.8 Å². The van der Waals surface area contributed by atoms with Crippen LogP contribution in [0.15, 0.2) is 41.6 Å². The maximum absolute atomic E-state index is 13.4. The molecule has 0 unspecified atom stereocenters. The summed E-state index contributed by atoms with van der Waals surface area (Å²) in [6.07, 6.45) is 3.22. The lowest BCUT2D eigenvalue weighted by Gasteiger charge is -2.07. The molecule has 8 nitrogen and oxygen atoms in total. The number of nitrogens with zero attached hydrogens (tertiary/aromatic N) is 3. The van der Waals surface area contributed by atoms with Crippen LogP contribution in [-0.2, 0) is 16.6 Å². The summed E-state index contributed by atoms with van der Waals surface area (Å²) in [7, 11) is -3.93. The number of halogens is 1. The Balaban J connectivity index is 2.08. The number of rotatable bonds is 6. The second-order valence-corrected chi connectivity index (χ2v) is 5.80. The normalized spacial score (nSPS) is 11.5. The van der Waals surface area contributed by atoms with Gasteiger partial charge in [0.2, 0.25) is 15.8 Å². The van der Waals surface area contributed by atoms with Gasteiger partial charge < -0.3 is 0 Å². The van der Waals surface area contributed by atoms with Gasteiger partial charge in [0.25, 0.3) is 0 Å². The van der Waals surface area contributed by atoms with E-state index in [1.165, 1.54) is 4.68 Å². The molecule has 112 valence electrons. The molecule has 0 aliphatic carbocycles. The summed E-state index contributed by atoms with van der Waals surface area (Å²) in [5, 5.41) is 14.4. The van der Waals surface area contributed by atoms with Gasteiger partial charge in [-0.05, 0) is 12.1 Å². The monoisotopic (exact) mass is 314 g/mol. The highest BCUT2D eigenvalue weighted by Crippen LogP contribution is 2.20. The van der Waals surface area contributed by atoms with Crippen molar-refractivity contribution >= 4 is 15.7 Å². The highest BCUT2D eigenvalue weighted by Gasteiger charge is 2.20. The minimum atomic E-state index is -3.93. The fourth-order valence-corrected chi connectivity index (χ4v) is 2.65. The van der Waals surface area contributed by atoms with Gasteiger partial charge in [-0.1, -0.05) is 0 Å². The lowest BCUT2D eigenvalue weighted by Crippen LogP contribution is -2.27. The second-order valence-electron chi connectivity index (χ2n) is 4.04. The van der Waals surface area contributed by atoms with Gasteiger partial charge in [0.1, 0.15) is 0 Å². The third-order valence-electron chi connectivity index (χ3n) is 2.62. The van der Waals surface area contributed by atoms with E-state index in [0.29, 0.717) is 12.6 Å². The van der Waals surface area contributed by atoms with E-state index in [0.717, 1.165) is 12.1 Å². The fraction of sp³-hybridized carbons (Fsp3) is 0.182. The summed E-state index contributed by atoms with van der Waals surface area (Å²) < 4.78 is 41.1. The molecular weight excluding hydrogens is 303 g/mol. The minimum Gasteiger partial charge on any atom is -0.271 e. The molecule has 0 aliphatic rings. The van der Waals surface area contributed by atoms with Gasteiger partial charge in [-0.25, -0.2) is 13.1 Å². The van der Waals surface area contributed by atoms with Crippen LogP contribution >= 0.6 is 0 Å². The Bertz CT molecular complexity index is 746. The summed E-state index contributed by atoms with van der Waals surface area (Å²) in [6, 6.07) is 4.11. The molecule has 1 aromatic heterocycles. The summed E-state index contributed by atoms with van der Waals surface area (Å²) >= 11 is 0. The molecule has 21 heavy (non-hydrogen) atoms. The molecule has 1 N–H and O–H groups in total. The van der Waals surface area contributed by atoms with Crippen LogP contribution in [0.5, 0.6) is 0 Å². The number of nitro benzene ring substituents is 1. The SMILES string of the molecule is O=[N+]([O-])c1ccc(S(=O)(=O)NCCn2cccn2)cc1F. The topological polar surface area (TPSA) is 107 Å². The van der Waals surface area contributed by atoms with Crippen LogP contribution in [0.1, 0.15) is 0 Å². The van der Waals surface area contributed by atoms with Gasteiger partial charge >= 0.3 is 5.69 Å². The maximum Gasteiger partial charge on any atom is 0.304 e. The Morgan fingerprint density at radius 3 is 2.76 bits per heavy atom. The van der Waals surface area contributed by atoms with Crippen molar-refractivity contribution in [2.75, 3.05) is 6.54 Å². The van der Waals surface area contributed by atoms with Crippen LogP contribution in [0.25, 0.3) is 0 Å². The first-order chi connectivity index (χ1) is 9.90. The average molecular weight is 314 g/mol. The molecule has 2 rings (SSSR count). The molecule has 0 fully saturated rings. The molecule has 0 saturated heterocycles. The van der Waals surface area contributed by atoms with Crippen molar-refractivity contribution in [1.82, 2.24) is 14.5 Å². The summed E-state index contributed by atoms with van der Waals surface area (Å²) in [4.78, 5) is 9.19. The van der Waals surface area contributed by atoms with E-state index >= 15 is 0 Å². The van der Waals surface area contributed by atoms with E-state index in [4.69, 9.17) is 0 Å². The maximum atomic E-state index is 13.4. The first-order valence-electron chi connectivity index (χ1n) is 5.81. The van der Waals surface area contributed by atoms with Crippen LogP contribution in [0.4, 0.5) is 10.1 Å². The number of aromatic nitrogens is 2. The van der Waals surface area contributed by atoms with Gasteiger partial charge in [0.15, 0.2) is 0 Å². The molecule has 10 heteroatoms. The molecule has 0 aliphatic heterocycles. The average Bonchev–Trinajstić information content (AvgIpc) is 2.91. The lowest BCUT2D eigenvalue weighted by atomic mass is 10.3. The van der Waals surface area contributed by atoms with E-state index in [2.05, 4.69) is 9.82 Å². The third kappa shape index (κ3) is 3.61. The molecule has 0 saturated carbocycles. The molecular formula is C11H11FN4O4S. The van der Waals surface area contributed by atoms with Crippen molar-refractivity contribution in [3.05, 3.63) is 52.6 Å². The van der Waals surface area contributed by atoms with Crippen LogP contribution in [0, 0.1) is 15.9 Å². The Hall–Kier alpha value is -2.33. The zero-order valence-electron chi connectivity index (χ0n) is 10.6. The zero-order valence-corrected chi connectivity index (χ0v) is 11.5. The predicted octanol–water partition coefficient (Wildman–Crippen LogP) is 0.909. The van der Waals surface area contributed by atoms with Crippen LogP contribution in [-0.4, -0.2) is 29.7 Å². The van der Waals surface area contributed by atoms with Crippen LogP contribution in [0.2, 0.25) is 0 Å². The van der Waals surface area contributed by atoms with Gasteiger partial charge in [0.05, 0.1) is 16.4 Å². The molecule has 0 amide bonds. The van der Waals surface area contributed by atoms with E-state index in [1.54, 1.807) is 18.5 Å². The zero-order chi connectivity index (χ0) is 15.5. The predicted molar refractivity (Wildman–Crippen MR) is 70.5 cm³/mol. The van der Waals surface area contributed by atoms with E-state index in [-0.39, 0.29) is 11.4 Å². The number of nitro groups is 1. The molecule has 0 spiro atoms. The van der Waals surface area contributed by atoms with Crippen molar-refractivity contribution in [1.29, 1.82) is 0 Å². The van der Waals surface area contributed by atoms with Crippen molar-refractivity contribution in [2.45, 2.75) is 11.4 Å². The number of nitrogens with one attached hydrogen (secondary N) is 1. The van der Waals surface area contributed by atoms with Crippen molar-refractivity contribution < 1.29 is 17.7 Å². The molecule has 0 bridgehead atoms. The lowest BCUT2D eigenvalue weighted by molar-refractivity contribution is -0.387. The van der Waals surface area contributed by atoms with Gasteiger partial charge in [0, 0.05) is 31.1 Å². The van der Waals surface area contributed by atoms with E-state index in [1.807, 2.05) is 0 Å². The van der Waals surface area contributed by atoms with Crippen molar-refractivity contribution in [2.24, 2.45) is 0 Å².